The van der Waals surface area contributed by atoms with E-state index in [1.54, 1.807) is 0 Å². The molecule has 4 N–H and O–H groups in total. The minimum absolute atomic E-state index is 0.247. The average molecular weight is 265 g/mol. The molecular formula is C14H23N3O2. The maximum absolute atomic E-state index is 9.69. The van der Waals surface area contributed by atoms with Gasteiger partial charge in [0.15, 0.2) is 5.96 Å². The second-order valence-electron chi connectivity index (χ2n) is 4.31. The van der Waals surface area contributed by atoms with Gasteiger partial charge in [-0.15, -0.1) is 0 Å². The van der Waals surface area contributed by atoms with Gasteiger partial charge in [0.1, 0.15) is 0 Å². The van der Waals surface area contributed by atoms with Gasteiger partial charge in [0.25, 0.3) is 0 Å². The van der Waals surface area contributed by atoms with Crippen molar-refractivity contribution in [2.75, 3.05) is 19.7 Å². The first-order valence-corrected chi connectivity index (χ1v) is 6.56. The minimum atomic E-state index is -0.634. The SMILES string of the molecule is CCCNC(N)=NCC(O)COCc1ccccc1. The lowest BCUT2D eigenvalue weighted by atomic mass is 10.2. The summed E-state index contributed by atoms with van der Waals surface area (Å²) in [5, 5.41) is 12.6. The number of nitrogens with zero attached hydrogens (tertiary/aromatic N) is 1. The third-order valence-corrected chi connectivity index (χ3v) is 2.45. The first-order chi connectivity index (χ1) is 9.22. The zero-order valence-corrected chi connectivity index (χ0v) is 11.4. The van der Waals surface area contributed by atoms with Crippen LogP contribution >= 0.6 is 0 Å². The van der Waals surface area contributed by atoms with Crippen LogP contribution in [0.2, 0.25) is 0 Å². The molecule has 0 amide bonds. The molecule has 0 aliphatic carbocycles. The van der Waals surface area contributed by atoms with Crippen LogP contribution in [0.4, 0.5) is 0 Å². The summed E-state index contributed by atoms with van der Waals surface area (Å²) in [5.74, 6) is 0.365. The second-order valence-corrected chi connectivity index (χ2v) is 4.31. The molecule has 0 fully saturated rings. The van der Waals surface area contributed by atoms with Gasteiger partial charge < -0.3 is 20.9 Å². The van der Waals surface area contributed by atoms with E-state index in [0.29, 0.717) is 12.6 Å². The van der Waals surface area contributed by atoms with Gasteiger partial charge in [-0.25, -0.2) is 0 Å². The molecule has 1 rings (SSSR count). The lowest BCUT2D eigenvalue weighted by Gasteiger charge is -2.10. The minimum Gasteiger partial charge on any atom is -0.389 e. The van der Waals surface area contributed by atoms with Gasteiger partial charge in [0, 0.05) is 6.54 Å². The van der Waals surface area contributed by atoms with Crippen LogP contribution in [0.25, 0.3) is 0 Å². The van der Waals surface area contributed by atoms with E-state index in [4.69, 9.17) is 10.5 Å². The van der Waals surface area contributed by atoms with E-state index in [2.05, 4.69) is 10.3 Å². The highest BCUT2D eigenvalue weighted by atomic mass is 16.5. The molecule has 0 spiro atoms. The van der Waals surface area contributed by atoms with Gasteiger partial charge in [-0.1, -0.05) is 37.3 Å². The molecule has 19 heavy (non-hydrogen) atoms. The molecular weight excluding hydrogens is 242 g/mol. The number of rotatable bonds is 8. The van der Waals surface area contributed by atoms with Crippen LogP contribution in [0.3, 0.4) is 0 Å². The fourth-order valence-electron chi connectivity index (χ4n) is 1.45. The molecule has 0 saturated carbocycles. The van der Waals surface area contributed by atoms with Gasteiger partial charge in [-0.05, 0) is 12.0 Å². The van der Waals surface area contributed by atoms with Gasteiger partial charge in [-0.2, -0.15) is 0 Å². The molecule has 0 aliphatic rings. The Hall–Kier alpha value is -1.59. The van der Waals surface area contributed by atoms with Crippen molar-refractivity contribution in [2.24, 2.45) is 10.7 Å². The van der Waals surface area contributed by atoms with Crippen molar-refractivity contribution in [1.29, 1.82) is 0 Å². The van der Waals surface area contributed by atoms with Crippen molar-refractivity contribution in [2.45, 2.75) is 26.1 Å². The predicted molar refractivity (Wildman–Crippen MR) is 76.9 cm³/mol. The molecule has 0 bridgehead atoms. The van der Waals surface area contributed by atoms with Crippen molar-refractivity contribution >= 4 is 5.96 Å². The number of aliphatic imine (C=N–C) groups is 1. The fraction of sp³-hybridized carbons (Fsp3) is 0.500. The van der Waals surface area contributed by atoms with Crippen molar-refractivity contribution in [1.82, 2.24) is 5.32 Å². The van der Waals surface area contributed by atoms with E-state index in [-0.39, 0.29) is 13.2 Å². The number of ether oxygens (including phenoxy) is 1. The number of benzene rings is 1. The van der Waals surface area contributed by atoms with E-state index < -0.39 is 6.10 Å². The molecule has 0 aliphatic heterocycles. The number of guanidine groups is 1. The molecule has 0 saturated heterocycles. The summed E-state index contributed by atoms with van der Waals surface area (Å²) in [4.78, 5) is 4.04. The Balaban J connectivity index is 2.15. The number of hydrogen-bond donors (Lipinski definition) is 3. The maximum atomic E-state index is 9.69. The molecule has 1 aromatic carbocycles. The van der Waals surface area contributed by atoms with E-state index in [1.165, 1.54) is 0 Å². The normalized spacial score (nSPS) is 13.3. The van der Waals surface area contributed by atoms with E-state index in [1.807, 2.05) is 37.3 Å². The van der Waals surface area contributed by atoms with Gasteiger partial charge in [0.05, 0.1) is 25.9 Å². The predicted octanol–water partition coefficient (Wildman–Crippen LogP) is 0.878. The van der Waals surface area contributed by atoms with Crippen LogP contribution in [0.15, 0.2) is 35.3 Å². The lowest BCUT2D eigenvalue weighted by molar-refractivity contribution is 0.0331. The van der Waals surface area contributed by atoms with E-state index >= 15 is 0 Å². The van der Waals surface area contributed by atoms with Crippen LogP contribution in [0, 0.1) is 0 Å². The first-order valence-electron chi connectivity index (χ1n) is 6.56. The Labute approximate surface area is 114 Å². The summed E-state index contributed by atoms with van der Waals surface area (Å²) in [5.41, 5.74) is 6.70. The molecule has 0 heterocycles. The lowest BCUT2D eigenvalue weighted by Crippen LogP contribution is -2.33. The molecule has 5 nitrogen and oxygen atoms in total. The Morgan fingerprint density at radius 1 is 1.42 bits per heavy atom. The Morgan fingerprint density at radius 2 is 2.16 bits per heavy atom. The van der Waals surface area contributed by atoms with Gasteiger partial charge in [-0.3, -0.25) is 4.99 Å². The number of hydrogen-bond acceptors (Lipinski definition) is 3. The van der Waals surface area contributed by atoms with Gasteiger partial charge in [0.2, 0.25) is 0 Å². The van der Waals surface area contributed by atoms with Crippen LogP contribution in [0.1, 0.15) is 18.9 Å². The van der Waals surface area contributed by atoms with Crippen molar-refractivity contribution in [3.63, 3.8) is 0 Å². The van der Waals surface area contributed by atoms with E-state index in [9.17, 15) is 5.11 Å². The molecule has 1 atom stereocenters. The standard InChI is InChI=1S/C14H23N3O2/c1-2-8-16-14(15)17-9-13(18)11-19-10-12-6-4-3-5-7-12/h3-7,13,18H,2,8-11H2,1H3,(H3,15,16,17). The first kappa shape index (κ1) is 15.5. The fourth-order valence-corrected chi connectivity index (χ4v) is 1.45. The van der Waals surface area contributed by atoms with Crippen LogP contribution in [-0.2, 0) is 11.3 Å². The maximum Gasteiger partial charge on any atom is 0.188 e. The zero-order chi connectivity index (χ0) is 13.9. The van der Waals surface area contributed by atoms with Crippen molar-refractivity contribution < 1.29 is 9.84 Å². The summed E-state index contributed by atoms with van der Waals surface area (Å²) in [6, 6.07) is 9.84. The summed E-state index contributed by atoms with van der Waals surface area (Å²) in [6.45, 7) is 3.82. The summed E-state index contributed by atoms with van der Waals surface area (Å²) in [6.07, 6.45) is 0.351. The largest absolute Gasteiger partial charge is 0.389 e. The van der Waals surface area contributed by atoms with Crippen LogP contribution < -0.4 is 11.1 Å². The van der Waals surface area contributed by atoms with Crippen LogP contribution in [0.5, 0.6) is 0 Å². The number of nitrogens with one attached hydrogen (secondary N) is 1. The second kappa shape index (κ2) is 9.35. The average Bonchev–Trinajstić information content (AvgIpc) is 2.44. The Morgan fingerprint density at radius 3 is 2.84 bits per heavy atom. The molecule has 0 radical (unpaired) electrons. The Bertz CT molecular complexity index is 368. The molecule has 1 unspecified atom stereocenters. The molecule has 1 aromatic rings. The van der Waals surface area contributed by atoms with Crippen molar-refractivity contribution in [3.05, 3.63) is 35.9 Å². The topological polar surface area (TPSA) is 79.9 Å². The third-order valence-electron chi connectivity index (χ3n) is 2.45. The molecule has 106 valence electrons. The number of aliphatic hydroxyl groups is 1. The van der Waals surface area contributed by atoms with Crippen LogP contribution in [-0.4, -0.2) is 36.9 Å². The summed E-state index contributed by atoms with van der Waals surface area (Å²) >= 11 is 0. The van der Waals surface area contributed by atoms with Crippen molar-refractivity contribution in [3.8, 4) is 0 Å². The highest BCUT2D eigenvalue weighted by molar-refractivity contribution is 5.77. The Kier molecular flexibility index (Phi) is 7.62. The molecule has 0 aromatic heterocycles. The third kappa shape index (κ3) is 7.43. The zero-order valence-electron chi connectivity index (χ0n) is 11.4. The number of aliphatic hydroxyl groups excluding tert-OH is 1. The highest BCUT2D eigenvalue weighted by Crippen LogP contribution is 2.01. The summed E-state index contributed by atoms with van der Waals surface area (Å²) < 4.78 is 5.41. The monoisotopic (exact) mass is 265 g/mol. The summed E-state index contributed by atoms with van der Waals surface area (Å²) in [7, 11) is 0. The van der Waals surface area contributed by atoms with Gasteiger partial charge >= 0.3 is 0 Å². The smallest absolute Gasteiger partial charge is 0.188 e. The highest BCUT2D eigenvalue weighted by Gasteiger charge is 2.03. The quantitative estimate of drug-likeness (QED) is 0.481. The van der Waals surface area contributed by atoms with E-state index in [0.717, 1.165) is 18.5 Å². The molecule has 5 heteroatoms. The number of nitrogens with two attached hydrogens (primary N) is 1.